The maximum Gasteiger partial charge on any atom is 0.306 e. The van der Waals surface area contributed by atoms with E-state index in [1.165, 1.54) is 21.1 Å². The second-order valence-electron chi connectivity index (χ2n) is 24.5. The molecule has 1 aliphatic heterocycles. The number of aromatic nitrogens is 1. The van der Waals surface area contributed by atoms with Crippen LogP contribution in [0.5, 0.6) is 0 Å². The first kappa shape index (κ1) is 99.1. The fraction of sp³-hybridized carbons (Fsp3) is 0.819. The SMILES string of the molecule is COCCOCCOCCOCCOCCOCCOCCOCCOCCOCCOCCOCCOCCOCCOCCOCCOCCOCCOCCOCCOCCOCCNC(=O)CCC(=O)OCC(c1ccc(-c2scnc2C)cc1)N(C=O)[C@@H]1C[C@@H](O)CN1C(=O)[C@@H](N)C(C)(C)C.Cl. The number of β-amino-alcohol motifs (C(OH)–C–C–N with tert-alkyl or cyclic N) is 1. The number of aliphatic hydroxyl groups excluding tert-OH is 1. The zero-order valence-electron chi connectivity index (χ0n) is 64.1. The van der Waals surface area contributed by atoms with Crippen LogP contribution in [0.1, 0.15) is 57.3 Å². The fourth-order valence-electron chi connectivity index (χ4n) is 9.46. The highest BCUT2D eigenvalue weighted by Gasteiger charge is 2.44. The third-order valence-corrected chi connectivity index (χ3v) is 16.2. The van der Waals surface area contributed by atoms with Gasteiger partial charge < -0.3 is 135 Å². The lowest BCUT2D eigenvalue weighted by atomic mass is 9.86. The third-order valence-electron chi connectivity index (χ3n) is 15.3. The number of nitrogens with one attached hydrogen (secondary N) is 1. The fourth-order valence-corrected chi connectivity index (χ4v) is 10.3. The van der Waals surface area contributed by atoms with E-state index in [2.05, 4.69) is 10.3 Å². The molecule has 0 bridgehead atoms. The summed E-state index contributed by atoms with van der Waals surface area (Å²) in [5.41, 5.74) is 9.99. The molecule has 33 nitrogen and oxygen atoms in total. The van der Waals surface area contributed by atoms with Crippen LogP contribution >= 0.6 is 23.7 Å². The number of thiazole rings is 1. The van der Waals surface area contributed by atoms with Crippen molar-refractivity contribution >= 4 is 47.9 Å². The Morgan fingerprint density at radius 3 is 1.11 bits per heavy atom. The summed E-state index contributed by atoms with van der Waals surface area (Å²) >= 11 is 1.50. The van der Waals surface area contributed by atoms with Gasteiger partial charge in [-0.25, -0.2) is 4.98 Å². The summed E-state index contributed by atoms with van der Waals surface area (Å²) in [4.78, 5) is 60.4. The van der Waals surface area contributed by atoms with Gasteiger partial charge in [-0.15, -0.1) is 23.7 Å². The highest BCUT2D eigenvalue weighted by Crippen LogP contribution is 2.34. The highest BCUT2D eigenvalue weighted by molar-refractivity contribution is 7.13. The van der Waals surface area contributed by atoms with Crippen molar-refractivity contribution in [3.63, 3.8) is 0 Å². The molecule has 1 aromatic carbocycles. The number of likely N-dealkylation sites (tertiary alicyclic amines) is 1. The lowest BCUT2D eigenvalue weighted by Gasteiger charge is -2.40. The second kappa shape index (κ2) is 70.0. The number of esters is 1. The number of methoxy groups -OCH3 is 1. The zero-order chi connectivity index (χ0) is 76.3. The highest BCUT2D eigenvalue weighted by atomic mass is 35.5. The van der Waals surface area contributed by atoms with Gasteiger partial charge in [0.1, 0.15) is 12.8 Å². The van der Waals surface area contributed by atoms with Crippen LogP contribution in [0.3, 0.4) is 0 Å². The first-order valence-corrected chi connectivity index (χ1v) is 37.8. The maximum atomic E-state index is 13.7. The van der Waals surface area contributed by atoms with E-state index in [9.17, 15) is 24.3 Å². The Labute approximate surface area is 643 Å². The van der Waals surface area contributed by atoms with E-state index in [1.807, 2.05) is 52.0 Å². The van der Waals surface area contributed by atoms with Gasteiger partial charge in [0.2, 0.25) is 18.2 Å². The van der Waals surface area contributed by atoms with Gasteiger partial charge in [0.25, 0.3) is 0 Å². The average molecular weight is 1580 g/mol. The van der Waals surface area contributed by atoms with Gasteiger partial charge in [0, 0.05) is 33.0 Å². The van der Waals surface area contributed by atoms with E-state index in [0.717, 1.165) is 16.1 Å². The predicted molar refractivity (Wildman–Crippen MR) is 396 cm³/mol. The lowest BCUT2D eigenvalue weighted by molar-refractivity contribution is -0.152. The number of hydrogen-bond acceptors (Lipinski definition) is 31. The van der Waals surface area contributed by atoms with Crippen LogP contribution < -0.4 is 11.1 Å². The first-order valence-electron chi connectivity index (χ1n) is 36.9. The van der Waals surface area contributed by atoms with Gasteiger partial charge in [-0.2, -0.15) is 0 Å². The number of hydrogen-bond donors (Lipinski definition) is 3. The lowest BCUT2D eigenvalue weighted by Crippen LogP contribution is -2.56. The Morgan fingerprint density at radius 1 is 0.523 bits per heavy atom. The number of aryl methyl sites for hydroxylation is 1. The smallest absolute Gasteiger partial charge is 0.306 e. The first-order chi connectivity index (χ1) is 51.9. The molecule has 0 saturated carbocycles. The minimum Gasteiger partial charge on any atom is -0.463 e. The molecular weight excluding hydrogens is 1450 g/mol. The minimum absolute atomic E-state index is 0. The Morgan fingerprint density at radius 2 is 0.832 bits per heavy atom. The molecule has 622 valence electrons. The molecule has 3 amide bonds. The van der Waals surface area contributed by atoms with Crippen molar-refractivity contribution in [3.05, 3.63) is 41.0 Å². The van der Waals surface area contributed by atoms with Crippen molar-refractivity contribution in [3.8, 4) is 10.4 Å². The number of nitrogens with zero attached hydrogens (tertiary/aromatic N) is 3. The van der Waals surface area contributed by atoms with Crippen molar-refractivity contribution in [1.29, 1.82) is 0 Å². The average Bonchev–Trinajstić information content (AvgIpc) is 1.70. The van der Waals surface area contributed by atoms with Crippen LogP contribution in [0.4, 0.5) is 0 Å². The van der Waals surface area contributed by atoms with Gasteiger partial charge in [-0.05, 0) is 23.5 Å². The number of ether oxygens (including phenoxy) is 23. The molecule has 1 saturated heterocycles. The number of nitrogens with two attached hydrogens (primary N) is 1. The van der Waals surface area contributed by atoms with E-state index in [1.54, 1.807) is 12.6 Å². The maximum absolute atomic E-state index is 13.7. The number of halogens is 1. The van der Waals surface area contributed by atoms with Crippen LogP contribution in [0.2, 0.25) is 0 Å². The molecule has 1 aromatic heterocycles. The van der Waals surface area contributed by atoms with Crippen LogP contribution in [0, 0.1) is 12.3 Å². The second-order valence-corrected chi connectivity index (χ2v) is 25.4. The zero-order valence-corrected chi connectivity index (χ0v) is 65.8. The van der Waals surface area contributed by atoms with Crippen molar-refractivity contribution in [2.24, 2.45) is 11.1 Å². The molecule has 0 spiro atoms. The topological polar surface area (TPSA) is 358 Å². The largest absolute Gasteiger partial charge is 0.463 e. The molecule has 2 aromatic rings. The Hall–Kier alpha value is -3.94. The van der Waals surface area contributed by atoms with Crippen LogP contribution in [-0.4, -0.2) is 373 Å². The van der Waals surface area contributed by atoms with Crippen LogP contribution in [0.15, 0.2) is 29.8 Å². The van der Waals surface area contributed by atoms with Crippen LogP contribution in [-0.2, 0) is 128 Å². The number of amides is 3. The molecular formula is C72H128ClN5O28S. The molecule has 3 rings (SSSR count). The molecule has 0 aliphatic carbocycles. The quantitative estimate of drug-likeness (QED) is 0.0487. The Bertz CT molecular complexity index is 2380. The molecule has 2 heterocycles. The van der Waals surface area contributed by atoms with E-state index in [0.29, 0.717) is 289 Å². The third kappa shape index (κ3) is 53.6. The number of aliphatic hydroxyl groups is 1. The molecule has 1 fully saturated rings. The van der Waals surface area contributed by atoms with E-state index >= 15 is 0 Å². The van der Waals surface area contributed by atoms with Crippen molar-refractivity contribution in [1.82, 2.24) is 20.1 Å². The molecule has 0 radical (unpaired) electrons. The van der Waals surface area contributed by atoms with Crippen molar-refractivity contribution in [2.75, 3.05) is 311 Å². The van der Waals surface area contributed by atoms with Crippen molar-refractivity contribution < 1.29 is 133 Å². The summed E-state index contributed by atoms with van der Waals surface area (Å²) in [5, 5.41) is 13.5. The minimum atomic E-state index is -0.899. The number of benzene rings is 1. The Kier molecular flexibility index (Phi) is 64.8. The normalized spacial score (nSPS) is 14.4. The summed E-state index contributed by atoms with van der Waals surface area (Å²) in [6.45, 7) is 27.3. The monoisotopic (exact) mass is 1580 g/mol. The van der Waals surface area contributed by atoms with Gasteiger partial charge >= 0.3 is 5.97 Å². The Balaban J connectivity index is 0.0000389. The van der Waals surface area contributed by atoms with E-state index in [-0.39, 0.29) is 63.9 Å². The van der Waals surface area contributed by atoms with Gasteiger partial charge in [0.05, 0.1) is 325 Å². The van der Waals surface area contributed by atoms with Gasteiger partial charge in [-0.1, -0.05) is 45.0 Å². The van der Waals surface area contributed by atoms with Gasteiger partial charge in [0.15, 0.2) is 0 Å². The van der Waals surface area contributed by atoms with Crippen molar-refractivity contribution in [2.45, 2.75) is 71.3 Å². The molecule has 4 atom stereocenters. The van der Waals surface area contributed by atoms with E-state index in [4.69, 9.17) is 115 Å². The summed E-state index contributed by atoms with van der Waals surface area (Å²) in [7, 11) is 1.64. The summed E-state index contributed by atoms with van der Waals surface area (Å²) in [6, 6.07) is 5.72. The number of carbonyl (C=O) groups excluding carboxylic acids is 4. The molecule has 107 heavy (non-hydrogen) atoms. The summed E-state index contributed by atoms with van der Waals surface area (Å²) in [6.07, 6.45) is -1.41. The number of rotatable bonds is 77. The molecule has 35 heteroatoms. The summed E-state index contributed by atoms with van der Waals surface area (Å²) < 4.78 is 126. The molecule has 1 unspecified atom stereocenters. The molecule has 4 N–H and O–H groups in total. The van der Waals surface area contributed by atoms with Gasteiger partial charge in [-0.3, -0.25) is 19.2 Å². The predicted octanol–water partition coefficient (Wildman–Crippen LogP) is 2.77. The number of carbonyl (C=O) groups is 4. The summed E-state index contributed by atoms with van der Waals surface area (Å²) in [5.74, 6) is -1.41. The standard InChI is InChI=1S/C72H127N5O28S.ClH/c1-61-69(106-59-75-61)63-8-6-62(7-9-63)65(77(60-78)67-56-64(79)57-76(67)71(82)70(73)72(2,3)4)58-105-68(81)11-10-66(80)74-12-13-84-16-17-86-20-21-88-24-25-90-28-29-92-32-33-94-36-37-96-40-41-98-44-45-100-48-49-102-52-53-104-55-54-103-51-50-101-47-46-99-43-42-97-39-38-95-35-34-93-31-30-91-27-26-89-23-22-87-19-18-85-15-14-83-5;/h6-9,59-60,64-65,67,70,79H,10-58,73H2,1-5H3,(H,74,80);1H/t64-,65?,67-,70-;/m1./s1. The van der Waals surface area contributed by atoms with Crippen LogP contribution in [0.25, 0.3) is 10.4 Å². The molecule has 1 aliphatic rings. The van der Waals surface area contributed by atoms with E-state index < -0.39 is 41.6 Å².